The smallest absolute Gasteiger partial charge is 0.146 e. The predicted molar refractivity (Wildman–Crippen MR) is 141 cm³/mol. The van der Waals surface area contributed by atoms with Crippen molar-refractivity contribution in [2.24, 2.45) is 32.5 Å². The van der Waals surface area contributed by atoms with Crippen LogP contribution in [0.3, 0.4) is 0 Å². The summed E-state index contributed by atoms with van der Waals surface area (Å²) in [5.74, 6) is 0. The molecule has 2 heteroatoms. The molecule has 0 aromatic rings. The number of ether oxygens (including phenoxy) is 2. The zero-order chi connectivity index (χ0) is 24.9. The van der Waals surface area contributed by atoms with Gasteiger partial charge in [-0.25, -0.2) is 0 Å². The van der Waals surface area contributed by atoms with E-state index in [2.05, 4.69) is 83.1 Å². The first kappa shape index (κ1) is 30.0. The first-order chi connectivity index (χ1) is 14.2. The van der Waals surface area contributed by atoms with Crippen molar-refractivity contribution >= 4 is 0 Å². The summed E-state index contributed by atoms with van der Waals surface area (Å²) in [7, 11) is 0. The minimum absolute atomic E-state index is 0.203. The van der Waals surface area contributed by atoms with Gasteiger partial charge in [0.25, 0.3) is 0 Å². The van der Waals surface area contributed by atoms with Gasteiger partial charge in [-0.05, 0) is 65.6 Å². The van der Waals surface area contributed by atoms with Crippen LogP contribution in [0.15, 0.2) is 0 Å². The Balaban J connectivity index is 0.000000320. The highest BCUT2D eigenvalue weighted by Crippen LogP contribution is 2.51. The maximum atomic E-state index is 5.56. The molecule has 0 aromatic carbocycles. The average Bonchev–Trinajstić information content (AvgIpc) is 2.49. The van der Waals surface area contributed by atoms with E-state index in [1.807, 2.05) is 0 Å². The van der Waals surface area contributed by atoms with E-state index in [4.69, 9.17) is 9.47 Å². The summed E-state index contributed by atoms with van der Waals surface area (Å²) in [5.41, 5.74) is 2.49. The van der Waals surface area contributed by atoms with Crippen LogP contribution in [-0.2, 0) is 9.47 Å². The van der Waals surface area contributed by atoms with Crippen LogP contribution in [0.5, 0.6) is 0 Å². The summed E-state index contributed by atoms with van der Waals surface area (Å²) in [6, 6.07) is 0. The minimum Gasteiger partial charge on any atom is -0.355 e. The molecule has 0 N–H and O–H groups in total. The molecule has 1 saturated heterocycles. The van der Waals surface area contributed by atoms with Gasteiger partial charge in [0.15, 0.2) is 0 Å². The van der Waals surface area contributed by atoms with E-state index in [9.17, 15) is 0 Å². The van der Waals surface area contributed by atoms with Gasteiger partial charge >= 0.3 is 0 Å². The SMILES string of the molecule is CC(C)(C)CC1(CC(C)(C)C)CCCCC1.CC(C)(C)CC1(CC(C)(C)C)COCOC1. The number of hydrogen-bond donors (Lipinski definition) is 0. The Morgan fingerprint density at radius 2 is 0.781 bits per heavy atom. The Hall–Kier alpha value is -0.0800. The van der Waals surface area contributed by atoms with Crippen molar-refractivity contribution in [2.45, 2.75) is 141 Å². The molecule has 0 aromatic heterocycles. The lowest BCUT2D eigenvalue weighted by Crippen LogP contribution is -2.42. The van der Waals surface area contributed by atoms with Gasteiger partial charge in [-0.2, -0.15) is 0 Å². The van der Waals surface area contributed by atoms with Gasteiger partial charge in [0.05, 0.1) is 13.2 Å². The fourth-order valence-electron chi connectivity index (χ4n) is 7.10. The summed E-state index contributed by atoms with van der Waals surface area (Å²) in [6.45, 7) is 30.4. The molecule has 0 bridgehead atoms. The largest absolute Gasteiger partial charge is 0.355 e. The molecular formula is C30H60O2. The Morgan fingerprint density at radius 1 is 0.469 bits per heavy atom. The van der Waals surface area contributed by atoms with E-state index in [0.29, 0.717) is 33.9 Å². The first-order valence-corrected chi connectivity index (χ1v) is 13.4. The van der Waals surface area contributed by atoms with Gasteiger partial charge in [-0.1, -0.05) is 102 Å². The lowest BCUT2D eigenvalue weighted by atomic mass is 9.60. The van der Waals surface area contributed by atoms with Crippen molar-refractivity contribution in [2.75, 3.05) is 20.0 Å². The van der Waals surface area contributed by atoms with E-state index in [-0.39, 0.29) is 5.41 Å². The normalized spacial score (nSPS) is 22.1. The molecule has 2 rings (SSSR count). The molecule has 0 atom stereocenters. The van der Waals surface area contributed by atoms with E-state index in [1.54, 1.807) is 0 Å². The van der Waals surface area contributed by atoms with Crippen LogP contribution in [0.4, 0.5) is 0 Å². The second-order valence-corrected chi connectivity index (χ2v) is 16.3. The van der Waals surface area contributed by atoms with Gasteiger partial charge < -0.3 is 9.47 Å². The van der Waals surface area contributed by atoms with Gasteiger partial charge in [-0.3, -0.25) is 0 Å². The highest BCUT2D eigenvalue weighted by atomic mass is 16.7. The summed E-state index contributed by atoms with van der Waals surface area (Å²) in [4.78, 5) is 0. The molecule has 192 valence electrons. The van der Waals surface area contributed by atoms with Crippen molar-refractivity contribution in [3.8, 4) is 0 Å². The maximum absolute atomic E-state index is 5.56. The van der Waals surface area contributed by atoms with Crippen molar-refractivity contribution in [1.82, 2.24) is 0 Å². The first-order valence-electron chi connectivity index (χ1n) is 13.4. The predicted octanol–water partition coefficient (Wildman–Crippen LogP) is 9.66. The van der Waals surface area contributed by atoms with Crippen LogP contribution in [0.1, 0.15) is 141 Å². The summed E-state index contributed by atoms with van der Waals surface area (Å²) in [5, 5.41) is 0. The van der Waals surface area contributed by atoms with E-state index in [0.717, 1.165) is 26.1 Å². The zero-order valence-corrected chi connectivity index (χ0v) is 24.3. The third-order valence-corrected chi connectivity index (χ3v) is 6.52. The van der Waals surface area contributed by atoms with Gasteiger partial charge in [-0.15, -0.1) is 0 Å². The van der Waals surface area contributed by atoms with Gasteiger partial charge in [0.1, 0.15) is 6.79 Å². The highest BCUT2D eigenvalue weighted by molar-refractivity contribution is 4.90. The third-order valence-electron chi connectivity index (χ3n) is 6.52. The average molecular weight is 453 g/mol. The number of rotatable bonds is 4. The van der Waals surface area contributed by atoms with E-state index < -0.39 is 0 Å². The highest BCUT2D eigenvalue weighted by Gasteiger charge is 2.40. The molecule has 32 heavy (non-hydrogen) atoms. The molecule has 2 aliphatic rings. The van der Waals surface area contributed by atoms with Crippen LogP contribution in [0.2, 0.25) is 0 Å². The molecule has 1 aliphatic heterocycles. The van der Waals surface area contributed by atoms with Crippen LogP contribution in [0.25, 0.3) is 0 Å². The molecule has 2 nitrogen and oxygen atoms in total. The minimum atomic E-state index is 0.203. The fraction of sp³-hybridized carbons (Fsp3) is 1.00. The molecule has 0 spiro atoms. The Morgan fingerprint density at radius 3 is 1.09 bits per heavy atom. The topological polar surface area (TPSA) is 18.5 Å². The Kier molecular flexibility index (Phi) is 10.4. The van der Waals surface area contributed by atoms with Gasteiger partial charge in [0, 0.05) is 5.41 Å². The molecule has 1 heterocycles. The summed E-state index contributed by atoms with van der Waals surface area (Å²) < 4.78 is 11.1. The van der Waals surface area contributed by atoms with Crippen molar-refractivity contribution in [3.05, 3.63) is 0 Å². The van der Waals surface area contributed by atoms with Crippen LogP contribution in [0, 0.1) is 32.5 Å². The Bertz CT molecular complexity index is 435. The zero-order valence-electron chi connectivity index (χ0n) is 24.3. The third kappa shape index (κ3) is 13.0. The van der Waals surface area contributed by atoms with Crippen LogP contribution >= 0.6 is 0 Å². The van der Waals surface area contributed by atoms with E-state index >= 15 is 0 Å². The summed E-state index contributed by atoms with van der Waals surface area (Å²) in [6.07, 6.45) is 12.5. The molecular weight excluding hydrogens is 392 g/mol. The Labute approximate surface area is 203 Å². The second-order valence-electron chi connectivity index (χ2n) is 16.3. The fourth-order valence-corrected chi connectivity index (χ4v) is 7.10. The molecule has 1 saturated carbocycles. The van der Waals surface area contributed by atoms with Gasteiger partial charge in [0.2, 0.25) is 0 Å². The number of hydrogen-bond acceptors (Lipinski definition) is 2. The maximum Gasteiger partial charge on any atom is 0.146 e. The monoisotopic (exact) mass is 452 g/mol. The molecule has 0 unspecified atom stereocenters. The lowest BCUT2D eigenvalue weighted by Gasteiger charge is -2.45. The van der Waals surface area contributed by atoms with Crippen LogP contribution < -0.4 is 0 Å². The quantitative estimate of drug-likeness (QED) is 0.422. The molecule has 0 amide bonds. The van der Waals surface area contributed by atoms with Crippen molar-refractivity contribution in [3.63, 3.8) is 0 Å². The molecule has 0 radical (unpaired) electrons. The molecule has 1 aliphatic carbocycles. The van der Waals surface area contributed by atoms with Crippen LogP contribution in [-0.4, -0.2) is 20.0 Å². The second kappa shape index (κ2) is 11.1. The van der Waals surface area contributed by atoms with Crippen molar-refractivity contribution < 1.29 is 9.47 Å². The standard InChI is InChI=1S/C16H32.C14H28O2/c1-14(2,3)12-16(13-15(4,5)6)10-8-7-9-11-16;1-12(2,3)7-14(8-13(4,5)6)9-15-11-16-10-14/h7-13H2,1-6H3;7-11H2,1-6H3. The van der Waals surface area contributed by atoms with E-state index in [1.165, 1.54) is 44.9 Å². The van der Waals surface area contributed by atoms with Crippen molar-refractivity contribution in [1.29, 1.82) is 0 Å². The molecule has 2 fully saturated rings. The summed E-state index contributed by atoms with van der Waals surface area (Å²) >= 11 is 0. The lowest BCUT2D eigenvalue weighted by molar-refractivity contribution is -0.182.